The number of H-pyrrole nitrogens is 1. The number of thiophene rings is 1. The van der Waals surface area contributed by atoms with Gasteiger partial charge in [0.15, 0.2) is 5.75 Å². The molecule has 4 nitrogen and oxygen atoms in total. The molecule has 3 heterocycles. The van der Waals surface area contributed by atoms with Gasteiger partial charge in [0.2, 0.25) is 0 Å². The van der Waals surface area contributed by atoms with Gasteiger partial charge < -0.3 is 14.8 Å². The Kier molecular flexibility index (Phi) is 3.43. The van der Waals surface area contributed by atoms with Gasteiger partial charge in [-0.15, -0.1) is 11.3 Å². The lowest BCUT2D eigenvalue weighted by molar-refractivity contribution is 0.0475. The number of halogens is 1. The number of nitrogens with one attached hydrogen (secondary N) is 1. The Hall–Kier alpha value is -0.850. The highest BCUT2D eigenvalue weighted by Gasteiger charge is 2.30. The predicted octanol–water partition coefficient (Wildman–Crippen LogP) is 3.29. The Labute approximate surface area is 128 Å². The molecular weight excluding hydrogens is 342 g/mol. The number of hydrogen-bond donors (Lipinski definition) is 2. The van der Waals surface area contributed by atoms with Gasteiger partial charge in [-0.1, -0.05) is 6.92 Å². The maximum atomic E-state index is 12.3. The summed E-state index contributed by atoms with van der Waals surface area (Å²) in [6.07, 6.45) is 2.22. The van der Waals surface area contributed by atoms with Crippen LogP contribution in [0.5, 0.6) is 5.75 Å². The summed E-state index contributed by atoms with van der Waals surface area (Å²) in [4.78, 5) is 15.2. The zero-order valence-electron chi connectivity index (χ0n) is 11.4. The molecule has 0 bridgehead atoms. The minimum atomic E-state index is -1.03. The SMILES string of the molecule is CCC(C)(O)c1[nH]c(=O)c2sc(Br)c3c2c1CCCO3. The minimum absolute atomic E-state index is 0.157. The van der Waals surface area contributed by atoms with Crippen molar-refractivity contribution in [2.75, 3.05) is 6.61 Å². The second-order valence-electron chi connectivity index (χ2n) is 5.30. The summed E-state index contributed by atoms with van der Waals surface area (Å²) in [5.41, 5.74) is 0.462. The summed E-state index contributed by atoms with van der Waals surface area (Å²) in [5, 5.41) is 11.5. The fraction of sp³-hybridized carbons (Fsp3) is 0.500. The molecular formula is C14H16BrNO3S. The largest absolute Gasteiger partial charge is 0.491 e. The van der Waals surface area contributed by atoms with Gasteiger partial charge in [-0.2, -0.15) is 0 Å². The van der Waals surface area contributed by atoms with Crippen molar-refractivity contribution in [3.05, 3.63) is 25.4 Å². The van der Waals surface area contributed by atoms with Crippen LogP contribution in [-0.2, 0) is 12.0 Å². The van der Waals surface area contributed by atoms with E-state index in [1.807, 2.05) is 6.92 Å². The number of pyridine rings is 1. The molecule has 6 heteroatoms. The number of rotatable bonds is 2. The zero-order valence-corrected chi connectivity index (χ0v) is 13.8. The van der Waals surface area contributed by atoms with E-state index in [0.717, 1.165) is 33.3 Å². The molecule has 3 rings (SSSR count). The first kappa shape index (κ1) is 14.1. The average Bonchev–Trinajstić information content (AvgIpc) is 2.61. The summed E-state index contributed by atoms with van der Waals surface area (Å²) < 4.78 is 7.28. The predicted molar refractivity (Wildman–Crippen MR) is 83.8 cm³/mol. The molecule has 1 unspecified atom stereocenters. The number of aryl methyl sites for hydroxylation is 1. The Morgan fingerprint density at radius 3 is 3.00 bits per heavy atom. The molecule has 1 aliphatic heterocycles. The van der Waals surface area contributed by atoms with Crippen LogP contribution in [-0.4, -0.2) is 16.7 Å². The maximum absolute atomic E-state index is 12.3. The van der Waals surface area contributed by atoms with Crippen LogP contribution in [0.15, 0.2) is 8.58 Å². The molecule has 0 aliphatic carbocycles. The summed E-state index contributed by atoms with van der Waals surface area (Å²) in [6, 6.07) is 0. The van der Waals surface area contributed by atoms with E-state index in [1.54, 1.807) is 6.92 Å². The number of aromatic nitrogens is 1. The molecule has 0 amide bonds. The monoisotopic (exact) mass is 357 g/mol. The van der Waals surface area contributed by atoms with Crippen LogP contribution in [0.4, 0.5) is 0 Å². The number of aromatic amines is 1. The van der Waals surface area contributed by atoms with Gasteiger partial charge in [0.05, 0.1) is 12.3 Å². The van der Waals surface area contributed by atoms with E-state index in [1.165, 1.54) is 11.3 Å². The first-order valence-corrected chi connectivity index (χ1v) is 8.29. The molecule has 20 heavy (non-hydrogen) atoms. The van der Waals surface area contributed by atoms with E-state index in [-0.39, 0.29) is 5.56 Å². The van der Waals surface area contributed by atoms with E-state index in [9.17, 15) is 9.90 Å². The van der Waals surface area contributed by atoms with E-state index in [0.29, 0.717) is 23.4 Å². The lowest BCUT2D eigenvalue weighted by Crippen LogP contribution is -2.27. The van der Waals surface area contributed by atoms with Crippen LogP contribution in [0.25, 0.3) is 10.1 Å². The molecule has 1 aliphatic rings. The van der Waals surface area contributed by atoms with Crippen molar-refractivity contribution in [1.29, 1.82) is 0 Å². The van der Waals surface area contributed by atoms with Gasteiger partial charge in [-0.25, -0.2) is 0 Å². The molecule has 108 valence electrons. The van der Waals surface area contributed by atoms with Gasteiger partial charge in [0.25, 0.3) is 5.56 Å². The Bertz CT molecular complexity index is 732. The standard InChI is InChI=1S/C14H16BrNO3S/c1-3-14(2,18)11-7-5-4-6-19-9-8(7)10(13(17)16-11)20-12(9)15/h18H,3-6H2,1-2H3,(H,16,17). The van der Waals surface area contributed by atoms with Crippen LogP contribution in [0.2, 0.25) is 0 Å². The summed E-state index contributed by atoms with van der Waals surface area (Å²) in [5.74, 6) is 0.747. The molecule has 0 saturated carbocycles. The Balaban J connectivity index is 2.44. The normalized spacial score (nSPS) is 17.6. The Morgan fingerprint density at radius 1 is 1.55 bits per heavy atom. The highest BCUT2D eigenvalue weighted by atomic mass is 79.9. The van der Waals surface area contributed by atoms with E-state index < -0.39 is 5.60 Å². The third kappa shape index (κ3) is 2.01. The van der Waals surface area contributed by atoms with Gasteiger partial charge in [0, 0.05) is 5.39 Å². The van der Waals surface area contributed by atoms with Crippen molar-refractivity contribution >= 4 is 37.4 Å². The van der Waals surface area contributed by atoms with Crippen LogP contribution in [0.1, 0.15) is 37.9 Å². The first-order chi connectivity index (χ1) is 9.45. The van der Waals surface area contributed by atoms with Crippen LogP contribution < -0.4 is 10.3 Å². The van der Waals surface area contributed by atoms with Crippen molar-refractivity contribution in [1.82, 2.24) is 4.98 Å². The third-order valence-corrected chi connectivity index (χ3v) is 5.72. The summed E-state index contributed by atoms with van der Waals surface area (Å²) >= 11 is 4.86. The molecule has 2 N–H and O–H groups in total. The fourth-order valence-electron chi connectivity index (χ4n) is 2.63. The number of aliphatic hydroxyl groups is 1. The summed E-state index contributed by atoms with van der Waals surface area (Å²) in [7, 11) is 0. The first-order valence-electron chi connectivity index (χ1n) is 6.68. The molecule has 0 radical (unpaired) electrons. The van der Waals surface area contributed by atoms with Gasteiger partial charge in [0.1, 0.15) is 14.1 Å². The molecule has 0 spiro atoms. The van der Waals surface area contributed by atoms with Gasteiger partial charge >= 0.3 is 0 Å². The lowest BCUT2D eigenvalue weighted by atomic mass is 9.91. The second kappa shape index (κ2) is 4.86. The average molecular weight is 358 g/mol. The number of ether oxygens (including phenoxy) is 1. The maximum Gasteiger partial charge on any atom is 0.266 e. The summed E-state index contributed by atoms with van der Waals surface area (Å²) in [6.45, 7) is 4.28. The van der Waals surface area contributed by atoms with Gasteiger partial charge in [-0.3, -0.25) is 4.79 Å². The smallest absolute Gasteiger partial charge is 0.266 e. The Morgan fingerprint density at radius 2 is 2.30 bits per heavy atom. The topological polar surface area (TPSA) is 62.3 Å². The van der Waals surface area contributed by atoms with Crippen molar-refractivity contribution in [2.45, 2.75) is 38.7 Å². The lowest BCUT2D eigenvalue weighted by Gasteiger charge is -2.24. The third-order valence-electron chi connectivity index (χ3n) is 3.92. The molecule has 0 aromatic carbocycles. The van der Waals surface area contributed by atoms with E-state index in [2.05, 4.69) is 20.9 Å². The molecule has 0 fully saturated rings. The zero-order chi connectivity index (χ0) is 14.5. The fourth-order valence-corrected chi connectivity index (χ4v) is 4.32. The minimum Gasteiger partial charge on any atom is -0.491 e. The van der Waals surface area contributed by atoms with E-state index in [4.69, 9.17) is 4.74 Å². The quantitative estimate of drug-likeness (QED) is 0.866. The van der Waals surface area contributed by atoms with Crippen molar-refractivity contribution in [3.63, 3.8) is 0 Å². The highest BCUT2D eigenvalue weighted by Crippen LogP contribution is 2.45. The molecule has 0 saturated heterocycles. The van der Waals surface area contributed by atoms with Crippen LogP contribution >= 0.6 is 27.3 Å². The molecule has 2 aromatic rings. The van der Waals surface area contributed by atoms with Crippen LogP contribution in [0.3, 0.4) is 0 Å². The van der Waals surface area contributed by atoms with Crippen LogP contribution in [0, 0.1) is 0 Å². The molecule has 2 aromatic heterocycles. The van der Waals surface area contributed by atoms with Crippen molar-refractivity contribution in [3.8, 4) is 5.75 Å². The van der Waals surface area contributed by atoms with Gasteiger partial charge in [-0.05, 0) is 47.7 Å². The number of hydrogen-bond acceptors (Lipinski definition) is 4. The van der Waals surface area contributed by atoms with Crippen molar-refractivity contribution in [2.24, 2.45) is 0 Å². The van der Waals surface area contributed by atoms with Crippen molar-refractivity contribution < 1.29 is 9.84 Å². The van der Waals surface area contributed by atoms with E-state index >= 15 is 0 Å². The highest BCUT2D eigenvalue weighted by molar-refractivity contribution is 9.11. The molecule has 1 atom stereocenters. The second-order valence-corrected chi connectivity index (χ2v) is 7.63.